The minimum absolute atomic E-state index is 0.195. The van der Waals surface area contributed by atoms with E-state index >= 15 is 0 Å². The number of nitro groups is 1. The van der Waals surface area contributed by atoms with Crippen molar-refractivity contribution < 1.29 is 19.6 Å². The standard InChI is InChI=1S/C12H15N3O5/c1-2-14(8-3-4-8)11(16)7-13-6-9(15(19)20)5-10(13)12(17)18/h5-6,8H,2-4,7H2,1H3,(H,17,18). The van der Waals surface area contributed by atoms with E-state index in [1.807, 2.05) is 6.92 Å². The quantitative estimate of drug-likeness (QED) is 0.621. The van der Waals surface area contributed by atoms with Crippen molar-refractivity contribution in [1.82, 2.24) is 9.47 Å². The van der Waals surface area contributed by atoms with Crippen molar-refractivity contribution in [2.24, 2.45) is 0 Å². The molecule has 1 aromatic heterocycles. The van der Waals surface area contributed by atoms with E-state index in [1.54, 1.807) is 4.90 Å². The van der Waals surface area contributed by atoms with Crippen LogP contribution < -0.4 is 0 Å². The number of nitrogens with zero attached hydrogens (tertiary/aromatic N) is 3. The summed E-state index contributed by atoms with van der Waals surface area (Å²) in [6.07, 6.45) is 3.00. The number of aromatic nitrogens is 1. The number of likely N-dealkylation sites (N-methyl/N-ethyl adjacent to an activating group) is 1. The predicted octanol–water partition coefficient (Wildman–Crippen LogP) is 1.11. The second-order valence-electron chi connectivity index (χ2n) is 4.68. The fourth-order valence-electron chi connectivity index (χ4n) is 2.17. The Balaban J connectivity index is 2.21. The number of carboxylic acids is 1. The van der Waals surface area contributed by atoms with Gasteiger partial charge in [0.2, 0.25) is 5.91 Å². The van der Waals surface area contributed by atoms with Crippen LogP contribution >= 0.6 is 0 Å². The van der Waals surface area contributed by atoms with Crippen LogP contribution in [-0.2, 0) is 11.3 Å². The maximum Gasteiger partial charge on any atom is 0.352 e. The van der Waals surface area contributed by atoms with E-state index in [9.17, 15) is 19.7 Å². The first kappa shape index (κ1) is 14.0. The smallest absolute Gasteiger partial charge is 0.352 e. The average Bonchev–Trinajstić information content (AvgIpc) is 3.09. The first-order valence-corrected chi connectivity index (χ1v) is 6.31. The van der Waals surface area contributed by atoms with Gasteiger partial charge in [-0.25, -0.2) is 4.79 Å². The molecule has 0 unspecified atom stereocenters. The van der Waals surface area contributed by atoms with E-state index in [2.05, 4.69) is 0 Å². The Kier molecular flexibility index (Phi) is 3.73. The zero-order chi connectivity index (χ0) is 14.9. The van der Waals surface area contributed by atoms with Gasteiger partial charge in [-0.05, 0) is 19.8 Å². The Morgan fingerprint density at radius 3 is 2.65 bits per heavy atom. The summed E-state index contributed by atoms with van der Waals surface area (Å²) >= 11 is 0. The number of hydrogen-bond donors (Lipinski definition) is 1. The molecule has 0 spiro atoms. The van der Waals surface area contributed by atoms with Crippen LogP contribution in [0, 0.1) is 10.1 Å². The monoisotopic (exact) mass is 281 g/mol. The lowest BCUT2D eigenvalue weighted by molar-refractivity contribution is -0.384. The summed E-state index contributed by atoms with van der Waals surface area (Å²) in [5.41, 5.74) is -0.582. The summed E-state index contributed by atoms with van der Waals surface area (Å²) in [6, 6.07) is 1.19. The van der Waals surface area contributed by atoms with E-state index in [0.717, 1.165) is 29.7 Å². The maximum atomic E-state index is 12.1. The Labute approximate surface area is 114 Å². The molecule has 1 aromatic rings. The van der Waals surface area contributed by atoms with Crippen LogP contribution in [-0.4, -0.2) is 44.0 Å². The van der Waals surface area contributed by atoms with Crippen molar-refractivity contribution in [1.29, 1.82) is 0 Å². The first-order chi connectivity index (χ1) is 9.43. The summed E-state index contributed by atoms with van der Waals surface area (Å²) in [5.74, 6) is -1.51. The highest BCUT2D eigenvalue weighted by atomic mass is 16.6. The fraction of sp³-hybridized carbons (Fsp3) is 0.500. The summed E-state index contributed by atoms with van der Waals surface area (Å²) < 4.78 is 1.12. The van der Waals surface area contributed by atoms with Gasteiger partial charge in [0, 0.05) is 18.7 Å². The molecule has 8 heteroatoms. The van der Waals surface area contributed by atoms with Gasteiger partial charge in [0.05, 0.1) is 11.1 Å². The third kappa shape index (κ3) is 2.79. The number of rotatable bonds is 6. The van der Waals surface area contributed by atoms with Crippen molar-refractivity contribution in [3.63, 3.8) is 0 Å². The molecule has 0 bridgehead atoms. The van der Waals surface area contributed by atoms with Crippen molar-refractivity contribution in [3.05, 3.63) is 28.1 Å². The van der Waals surface area contributed by atoms with Crippen LogP contribution in [0.4, 0.5) is 5.69 Å². The molecule has 0 atom stereocenters. The topological polar surface area (TPSA) is 106 Å². The molecule has 0 aromatic carbocycles. The molecular formula is C12H15N3O5. The Bertz CT molecular complexity index is 561. The van der Waals surface area contributed by atoms with E-state index < -0.39 is 10.9 Å². The Hall–Kier alpha value is -2.38. The lowest BCUT2D eigenvalue weighted by Gasteiger charge is -2.20. The molecule has 1 heterocycles. The molecule has 1 aliphatic carbocycles. The summed E-state index contributed by atoms with van der Waals surface area (Å²) in [7, 11) is 0. The minimum atomic E-state index is -1.29. The third-order valence-electron chi connectivity index (χ3n) is 3.27. The number of hydrogen-bond acceptors (Lipinski definition) is 4. The van der Waals surface area contributed by atoms with E-state index in [1.165, 1.54) is 0 Å². The van der Waals surface area contributed by atoms with Gasteiger partial charge < -0.3 is 14.6 Å². The highest BCUT2D eigenvalue weighted by molar-refractivity contribution is 5.88. The average molecular weight is 281 g/mol. The number of amides is 1. The highest BCUT2D eigenvalue weighted by Gasteiger charge is 2.32. The lowest BCUT2D eigenvalue weighted by Crippen LogP contribution is -2.35. The van der Waals surface area contributed by atoms with E-state index in [-0.39, 0.29) is 29.9 Å². The van der Waals surface area contributed by atoms with Crippen molar-refractivity contribution in [2.45, 2.75) is 32.4 Å². The third-order valence-corrected chi connectivity index (χ3v) is 3.27. The zero-order valence-electron chi connectivity index (χ0n) is 11.0. The van der Waals surface area contributed by atoms with Gasteiger partial charge in [0.1, 0.15) is 12.2 Å². The molecule has 1 fully saturated rings. The number of carbonyl (C=O) groups excluding carboxylic acids is 1. The largest absolute Gasteiger partial charge is 0.477 e. The molecule has 0 aliphatic heterocycles. The molecular weight excluding hydrogens is 266 g/mol. The maximum absolute atomic E-state index is 12.1. The predicted molar refractivity (Wildman–Crippen MR) is 68.5 cm³/mol. The zero-order valence-corrected chi connectivity index (χ0v) is 11.0. The molecule has 2 rings (SSSR count). The minimum Gasteiger partial charge on any atom is -0.477 e. The van der Waals surface area contributed by atoms with Crippen LogP contribution in [0.2, 0.25) is 0 Å². The van der Waals surface area contributed by atoms with Crippen LogP contribution in [0.3, 0.4) is 0 Å². The summed E-state index contributed by atoms with van der Waals surface area (Å²) in [5, 5.41) is 19.7. The normalized spacial score (nSPS) is 14.1. The molecule has 1 saturated carbocycles. The first-order valence-electron chi connectivity index (χ1n) is 6.31. The summed E-state index contributed by atoms with van der Waals surface area (Å²) in [4.78, 5) is 34.9. The Morgan fingerprint density at radius 1 is 1.55 bits per heavy atom. The van der Waals surface area contributed by atoms with Crippen LogP contribution in [0.25, 0.3) is 0 Å². The number of carboxylic acid groups (broad SMARTS) is 1. The van der Waals surface area contributed by atoms with Gasteiger partial charge in [-0.2, -0.15) is 0 Å². The second kappa shape index (κ2) is 5.32. The molecule has 108 valence electrons. The van der Waals surface area contributed by atoms with Gasteiger partial charge in [-0.1, -0.05) is 0 Å². The van der Waals surface area contributed by atoms with Crippen molar-refractivity contribution in [2.75, 3.05) is 6.54 Å². The number of carbonyl (C=O) groups is 2. The molecule has 1 N–H and O–H groups in total. The van der Waals surface area contributed by atoms with Crippen molar-refractivity contribution >= 4 is 17.6 Å². The van der Waals surface area contributed by atoms with E-state index in [4.69, 9.17) is 5.11 Å². The highest BCUT2D eigenvalue weighted by Crippen LogP contribution is 2.27. The van der Waals surface area contributed by atoms with Crippen LogP contribution in [0.5, 0.6) is 0 Å². The molecule has 8 nitrogen and oxygen atoms in total. The van der Waals surface area contributed by atoms with Gasteiger partial charge in [0.25, 0.3) is 5.69 Å². The van der Waals surface area contributed by atoms with E-state index in [0.29, 0.717) is 6.54 Å². The van der Waals surface area contributed by atoms with Crippen LogP contribution in [0.15, 0.2) is 12.3 Å². The Morgan fingerprint density at radius 2 is 2.20 bits per heavy atom. The molecule has 1 aliphatic rings. The second-order valence-corrected chi connectivity index (χ2v) is 4.68. The lowest BCUT2D eigenvalue weighted by atomic mass is 10.4. The molecule has 1 amide bonds. The fourth-order valence-corrected chi connectivity index (χ4v) is 2.17. The molecule has 0 saturated heterocycles. The van der Waals surface area contributed by atoms with Gasteiger partial charge in [-0.15, -0.1) is 0 Å². The van der Waals surface area contributed by atoms with Gasteiger partial charge in [-0.3, -0.25) is 14.9 Å². The van der Waals surface area contributed by atoms with Crippen LogP contribution in [0.1, 0.15) is 30.3 Å². The number of aromatic carboxylic acids is 1. The SMILES string of the molecule is CCN(C(=O)Cn1cc([N+](=O)[O-])cc1C(=O)O)C1CC1. The molecule has 20 heavy (non-hydrogen) atoms. The van der Waals surface area contributed by atoms with Gasteiger partial charge >= 0.3 is 5.97 Å². The van der Waals surface area contributed by atoms with Gasteiger partial charge in [0.15, 0.2) is 0 Å². The molecule has 0 radical (unpaired) electrons. The summed E-state index contributed by atoms with van der Waals surface area (Å²) in [6.45, 7) is 2.21. The van der Waals surface area contributed by atoms with Crippen molar-refractivity contribution in [3.8, 4) is 0 Å².